The molecule has 0 aromatic carbocycles. The lowest BCUT2D eigenvalue weighted by molar-refractivity contribution is 0.0671. The molecule has 1 amide bonds. The van der Waals surface area contributed by atoms with Crippen molar-refractivity contribution in [3.8, 4) is 0 Å². The fourth-order valence-corrected chi connectivity index (χ4v) is 2.28. The Balaban J connectivity index is 2.10. The van der Waals surface area contributed by atoms with Gasteiger partial charge in [0.25, 0.3) is 5.91 Å². The van der Waals surface area contributed by atoms with Crippen LogP contribution in [0.4, 0.5) is 5.95 Å². The summed E-state index contributed by atoms with van der Waals surface area (Å²) in [7, 11) is 1.60. The SMILES string of the molecule is COCCN(Cc1cccs1)C(=O)c1nc(N)n[nH]1. The molecule has 0 atom stereocenters. The van der Waals surface area contributed by atoms with Gasteiger partial charge in [0, 0.05) is 18.5 Å². The molecule has 19 heavy (non-hydrogen) atoms. The molecule has 0 saturated carbocycles. The molecule has 0 spiro atoms. The number of nitrogens with two attached hydrogens (primary N) is 1. The highest BCUT2D eigenvalue weighted by Gasteiger charge is 2.19. The number of amides is 1. The van der Waals surface area contributed by atoms with E-state index in [1.807, 2.05) is 17.5 Å². The van der Waals surface area contributed by atoms with Crippen molar-refractivity contribution in [2.45, 2.75) is 6.54 Å². The van der Waals surface area contributed by atoms with Crippen LogP contribution < -0.4 is 5.73 Å². The fourth-order valence-electron chi connectivity index (χ4n) is 1.56. The van der Waals surface area contributed by atoms with Gasteiger partial charge in [0.05, 0.1) is 13.2 Å². The maximum Gasteiger partial charge on any atom is 0.291 e. The van der Waals surface area contributed by atoms with Crippen LogP contribution in [0.25, 0.3) is 0 Å². The number of nitrogens with zero attached hydrogens (tertiary/aromatic N) is 3. The van der Waals surface area contributed by atoms with Crippen molar-refractivity contribution >= 4 is 23.2 Å². The van der Waals surface area contributed by atoms with Crippen molar-refractivity contribution in [2.24, 2.45) is 0 Å². The highest BCUT2D eigenvalue weighted by molar-refractivity contribution is 7.09. The van der Waals surface area contributed by atoms with Gasteiger partial charge in [-0.15, -0.1) is 16.4 Å². The Hall–Kier alpha value is -1.93. The molecule has 102 valence electrons. The number of carbonyl (C=O) groups is 1. The Morgan fingerprint density at radius 2 is 2.47 bits per heavy atom. The molecule has 2 rings (SSSR count). The number of methoxy groups -OCH3 is 1. The number of hydrogen-bond acceptors (Lipinski definition) is 6. The number of hydrogen-bond donors (Lipinski definition) is 2. The lowest BCUT2D eigenvalue weighted by Crippen LogP contribution is -2.34. The van der Waals surface area contributed by atoms with E-state index in [1.165, 1.54) is 0 Å². The average Bonchev–Trinajstić information content (AvgIpc) is 3.05. The molecule has 0 unspecified atom stereocenters. The number of nitrogen functional groups attached to an aromatic ring is 1. The van der Waals surface area contributed by atoms with Crippen molar-refractivity contribution in [1.82, 2.24) is 20.1 Å². The van der Waals surface area contributed by atoms with Gasteiger partial charge < -0.3 is 15.4 Å². The second-order valence-electron chi connectivity index (χ2n) is 3.84. The van der Waals surface area contributed by atoms with E-state index in [-0.39, 0.29) is 17.7 Å². The molecule has 0 aliphatic carbocycles. The maximum absolute atomic E-state index is 12.3. The summed E-state index contributed by atoms with van der Waals surface area (Å²) in [4.78, 5) is 18.9. The van der Waals surface area contributed by atoms with E-state index in [2.05, 4.69) is 15.2 Å². The van der Waals surface area contributed by atoms with Crippen LogP contribution in [-0.2, 0) is 11.3 Å². The molecule has 0 aliphatic heterocycles. The minimum atomic E-state index is -0.241. The molecule has 2 aromatic rings. The molecule has 8 heteroatoms. The number of anilines is 1. The van der Waals surface area contributed by atoms with Gasteiger partial charge in [0.15, 0.2) is 0 Å². The Bertz CT molecular complexity index is 525. The Morgan fingerprint density at radius 3 is 3.05 bits per heavy atom. The van der Waals surface area contributed by atoms with Gasteiger partial charge in [0.1, 0.15) is 0 Å². The molecular formula is C11H15N5O2S. The summed E-state index contributed by atoms with van der Waals surface area (Å²) in [6, 6.07) is 3.93. The minimum Gasteiger partial charge on any atom is -0.383 e. The summed E-state index contributed by atoms with van der Waals surface area (Å²) < 4.78 is 5.02. The maximum atomic E-state index is 12.3. The molecule has 2 aromatic heterocycles. The van der Waals surface area contributed by atoms with Gasteiger partial charge in [-0.05, 0) is 11.4 Å². The Labute approximate surface area is 114 Å². The highest BCUT2D eigenvalue weighted by atomic mass is 32.1. The van der Waals surface area contributed by atoms with Crippen LogP contribution in [0.3, 0.4) is 0 Å². The third kappa shape index (κ3) is 3.52. The molecule has 7 nitrogen and oxygen atoms in total. The zero-order valence-corrected chi connectivity index (χ0v) is 11.3. The first-order chi connectivity index (χ1) is 9.20. The molecule has 2 heterocycles. The van der Waals surface area contributed by atoms with Crippen molar-refractivity contribution in [3.05, 3.63) is 28.2 Å². The van der Waals surface area contributed by atoms with Crippen LogP contribution in [0, 0.1) is 0 Å². The molecular weight excluding hydrogens is 266 g/mol. The Morgan fingerprint density at radius 1 is 1.63 bits per heavy atom. The van der Waals surface area contributed by atoms with Crippen LogP contribution in [0.5, 0.6) is 0 Å². The van der Waals surface area contributed by atoms with E-state index in [0.29, 0.717) is 19.7 Å². The first kappa shape index (κ1) is 13.5. The van der Waals surface area contributed by atoms with Crippen LogP contribution >= 0.6 is 11.3 Å². The van der Waals surface area contributed by atoms with Crippen molar-refractivity contribution < 1.29 is 9.53 Å². The topological polar surface area (TPSA) is 97.1 Å². The predicted molar refractivity (Wildman–Crippen MR) is 71.7 cm³/mol. The fraction of sp³-hybridized carbons (Fsp3) is 0.364. The molecule has 0 bridgehead atoms. The molecule has 0 radical (unpaired) electrons. The van der Waals surface area contributed by atoms with Gasteiger partial charge in [-0.25, -0.2) is 0 Å². The van der Waals surface area contributed by atoms with Crippen LogP contribution in [0.15, 0.2) is 17.5 Å². The second-order valence-corrected chi connectivity index (χ2v) is 4.87. The van der Waals surface area contributed by atoms with Gasteiger partial charge in [-0.1, -0.05) is 6.07 Å². The monoisotopic (exact) mass is 281 g/mol. The van der Waals surface area contributed by atoms with E-state index >= 15 is 0 Å². The van der Waals surface area contributed by atoms with Crippen molar-refractivity contribution in [2.75, 3.05) is 26.0 Å². The lowest BCUT2D eigenvalue weighted by atomic mass is 10.3. The third-order valence-corrected chi connectivity index (χ3v) is 3.35. The van der Waals surface area contributed by atoms with Crippen LogP contribution in [0.2, 0.25) is 0 Å². The molecule has 0 saturated heterocycles. The zero-order valence-electron chi connectivity index (χ0n) is 10.5. The number of thiophene rings is 1. The summed E-state index contributed by atoms with van der Waals surface area (Å²) in [5.41, 5.74) is 5.41. The summed E-state index contributed by atoms with van der Waals surface area (Å²) in [6.45, 7) is 1.45. The number of ether oxygens (including phenoxy) is 1. The predicted octanol–water partition coefficient (Wildman–Crippen LogP) is 0.737. The van der Waals surface area contributed by atoms with E-state index in [4.69, 9.17) is 10.5 Å². The highest BCUT2D eigenvalue weighted by Crippen LogP contribution is 2.13. The van der Waals surface area contributed by atoms with Crippen LogP contribution in [0.1, 0.15) is 15.5 Å². The molecule has 0 fully saturated rings. The minimum absolute atomic E-state index is 0.0613. The number of carbonyl (C=O) groups excluding carboxylic acids is 1. The van der Waals surface area contributed by atoms with Crippen LogP contribution in [-0.4, -0.2) is 46.2 Å². The number of H-pyrrole nitrogens is 1. The van der Waals surface area contributed by atoms with Gasteiger partial charge in [-0.2, -0.15) is 4.98 Å². The standard InChI is InChI=1S/C11H15N5O2S/c1-18-5-4-16(7-8-3-2-6-19-8)10(17)9-13-11(12)15-14-9/h2-3,6H,4-5,7H2,1H3,(H3,12,13,14,15). The average molecular weight is 281 g/mol. The largest absolute Gasteiger partial charge is 0.383 e. The number of aromatic nitrogens is 3. The number of nitrogens with one attached hydrogen (secondary N) is 1. The van der Waals surface area contributed by atoms with E-state index in [1.54, 1.807) is 23.3 Å². The summed E-state index contributed by atoms with van der Waals surface area (Å²) >= 11 is 1.60. The summed E-state index contributed by atoms with van der Waals surface area (Å²) in [5, 5.41) is 8.16. The van der Waals surface area contributed by atoms with Crippen molar-refractivity contribution in [1.29, 1.82) is 0 Å². The summed E-state index contributed by atoms with van der Waals surface area (Å²) in [6.07, 6.45) is 0. The Kier molecular flexibility index (Phi) is 4.48. The smallest absolute Gasteiger partial charge is 0.291 e. The second kappa shape index (κ2) is 6.30. The van der Waals surface area contributed by atoms with Gasteiger partial charge in [0.2, 0.25) is 11.8 Å². The first-order valence-corrected chi connectivity index (χ1v) is 6.57. The molecule has 3 N–H and O–H groups in total. The van der Waals surface area contributed by atoms with Crippen molar-refractivity contribution in [3.63, 3.8) is 0 Å². The van der Waals surface area contributed by atoms with Gasteiger partial charge >= 0.3 is 0 Å². The van der Waals surface area contributed by atoms with E-state index in [9.17, 15) is 4.79 Å². The first-order valence-electron chi connectivity index (χ1n) is 5.69. The van der Waals surface area contributed by atoms with Gasteiger partial charge in [-0.3, -0.25) is 9.89 Å². The molecule has 0 aliphatic rings. The lowest BCUT2D eigenvalue weighted by Gasteiger charge is -2.20. The third-order valence-electron chi connectivity index (χ3n) is 2.48. The quantitative estimate of drug-likeness (QED) is 0.814. The zero-order chi connectivity index (χ0) is 13.7. The number of aromatic amines is 1. The van der Waals surface area contributed by atoms with E-state index < -0.39 is 0 Å². The summed E-state index contributed by atoms with van der Waals surface area (Å²) in [5.74, 6) is -0.0361. The van der Waals surface area contributed by atoms with E-state index in [0.717, 1.165) is 4.88 Å². The normalized spacial score (nSPS) is 10.6. The number of rotatable bonds is 6.